The van der Waals surface area contributed by atoms with Crippen molar-refractivity contribution in [2.45, 2.75) is 12.8 Å². The van der Waals surface area contributed by atoms with E-state index in [0.29, 0.717) is 32.7 Å². The summed E-state index contributed by atoms with van der Waals surface area (Å²) in [4.78, 5) is 12.3. The van der Waals surface area contributed by atoms with Crippen LogP contribution < -0.4 is 19.9 Å². The Bertz CT molecular complexity index is 1290. The predicted molar refractivity (Wildman–Crippen MR) is 125 cm³/mol. The first kappa shape index (κ1) is 22.5. The van der Waals surface area contributed by atoms with Crippen molar-refractivity contribution in [3.05, 3.63) is 98.9 Å². The van der Waals surface area contributed by atoms with Crippen LogP contribution in [0.15, 0.2) is 72.1 Å². The molecular weight excluding hydrogens is 463 g/mol. The number of esters is 1. The van der Waals surface area contributed by atoms with Gasteiger partial charge in [-0.25, -0.2) is 4.79 Å². The maximum atomic E-state index is 12.3. The van der Waals surface area contributed by atoms with Crippen molar-refractivity contribution in [3.63, 3.8) is 0 Å². The fourth-order valence-corrected chi connectivity index (χ4v) is 4.21. The first-order valence-electron chi connectivity index (χ1n) is 9.93. The Hall–Kier alpha value is -3.66. The Labute approximate surface area is 200 Å². The highest BCUT2D eigenvalue weighted by Crippen LogP contribution is 2.47. The lowest BCUT2D eigenvalue weighted by molar-refractivity contribution is -0.136. The summed E-state index contributed by atoms with van der Waals surface area (Å²) in [5, 5.41) is 10.5. The molecular formula is C25H18Cl2N2O4. The van der Waals surface area contributed by atoms with E-state index in [0.717, 1.165) is 5.56 Å². The van der Waals surface area contributed by atoms with Gasteiger partial charge in [-0.3, -0.25) is 0 Å². The van der Waals surface area contributed by atoms with Crippen LogP contribution in [0.1, 0.15) is 22.6 Å². The van der Waals surface area contributed by atoms with Gasteiger partial charge in [0.1, 0.15) is 28.9 Å². The number of hydrogen-bond donors (Lipinski definition) is 1. The summed E-state index contributed by atoms with van der Waals surface area (Å²) in [6, 6.07) is 19.3. The highest BCUT2D eigenvalue weighted by Gasteiger charge is 2.33. The van der Waals surface area contributed by atoms with Gasteiger partial charge in [-0.05, 0) is 42.8 Å². The molecule has 166 valence electrons. The second-order valence-corrected chi connectivity index (χ2v) is 8.15. The molecule has 8 heteroatoms. The van der Waals surface area contributed by atoms with Crippen molar-refractivity contribution in [2.24, 2.45) is 5.73 Å². The summed E-state index contributed by atoms with van der Waals surface area (Å²) in [6.07, 6.45) is 0. The number of fused-ring (bicyclic) bond motifs is 1. The van der Waals surface area contributed by atoms with Gasteiger partial charge in [-0.1, -0.05) is 47.5 Å². The van der Waals surface area contributed by atoms with Crippen LogP contribution in [0.3, 0.4) is 0 Å². The zero-order valence-electron chi connectivity index (χ0n) is 17.5. The molecule has 1 aliphatic rings. The number of rotatable bonds is 5. The number of carbonyl (C=O) groups excluding carboxylic acids is 1. The van der Waals surface area contributed by atoms with Crippen LogP contribution in [0.4, 0.5) is 0 Å². The van der Waals surface area contributed by atoms with Crippen molar-refractivity contribution in [2.75, 3.05) is 6.61 Å². The molecule has 1 unspecified atom stereocenters. The fourth-order valence-electron chi connectivity index (χ4n) is 3.59. The lowest BCUT2D eigenvalue weighted by Crippen LogP contribution is -2.22. The molecule has 0 saturated heterocycles. The molecule has 33 heavy (non-hydrogen) atoms. The number of nitriles is 1. The van der Waals surface area contributed by atoms with Crippen molar-refractivity contribution in [1.29, 1.82) is 5.26 Å². The van der Waals surface area contributed by atoms with Crippen LogP contribution in [0, 0.1) is 18.3 Å². The van der Waals surface area contributed by atoms with Crippen LogP contribution in [0.2, 0.25) is 10.0 Å². The Kier molecular flexibility index (Phi) is 6.45. The minimum atomic E-state index is -0.630. The minimum absolute atomic E-state index is 0.0720. The van der Waals surface area contributed by atoms with Crippen LogP contribution >= 0.6 is 23.2 Å². The number of nitrogens with two attached hydrogens (primary N) is 1. The maximum absolute atomic E-state index is 12.3. The van der Waals surface area contributed by atoms with E-state index in [2.05, 4.69) is 6.07 Å². The molecule has 3 aromatic carbocycles. The molecule has 0 aliphatic carbocycles. The minimum Gasteiger partial charge on any atom is -0.482 e. The quantitative estimate of drug-likeness (QED) is 0.382. The van der Waals surface area contributed by atoms with Crippen molar-refractivity contribution in [3.8, 4) is 23.3 Å². The third-order valence-electron chi connectivity index (χ3n) is 5.06. The number of aryl methyl sites for hydroxylation is 1. The van der Waals surface area contributed by atoms with E-state index >= 15 is 0 Å². The second kappa shape index (κ2) is 9.45. The number of carbonyl (C=O) groups is 1. The zero-order valence-corrected chi connectivity index (χ0v) is 19.0. The van der Waals surface area contributed by atoms with E-state index in [9.17, 15) is 10.1 Å². The van der Waals surface area contributed by atoms with Gasteiger partial charge in [-0.15, -0.1) is 0 Å². The number of hydrogen-bond acceptors (Lipinski definition) is 6. The molecule has 0 radical (unpaired) electrons. The summed E-state index contributed by atoms with van der Waals surface area (Å²) in [5.41, 5.74) is 8.39. The first-order chi connectivity index (χ1) is 15.9. The van der Waals surface area contributed by atoms with E-state index in [1.54, 1.807) is 36.4 Å². The maximum Gasteiger partial charge on any atom is 0.349 e. The molecule has 6 nitrogen and oxygen atoms in total. The Morgan fingerprint density at radius 2 is 1.82 bits per heavy atom. The monoisotopic (exact) mass is 480 g/mol. The highest BCUT2D eigenvalue weighted by molar-refractivity contribution is 6.36. The molecule has 0 fully saturated rings. The van der Waals surface area contributed by atoms with Gasteiger partial charge in [0.05, 0.1) is 5.92 Å². The average molecular weight is 481 g/mol. The molecule has 0 amide bonds. The van der Waals surface area contributed by atoms with E-state index in [1.807, 2.05) is 25.1 Å². The predicted octanol–water partition coefficient (Wildman–Crippen LogP) is 5.50. The van der Waals surface area contributed by atoms with E-state index in [-0.39, 0.29) is 23.8 Å². The van der Waals surface area contributed by atoms with Crippen molar-refractivity contribution in [1.82, 2.24) is 0 Å². The molecule has 0 spiro atoms. The lowest BCUT2D eigenvalue weighted by Gasteiger charge is -2.27. The third kappa shape index (κ3) is 4.75. The van der Waals surface area contributed by atoms with Crippen LogP contribution in [-0.4, -0.2) is 12.6 Å². The summed E-state index contributed by atoms with van der Waals surface area (Å²) >= 11 is 12.8. The van der Waals surface area contributed by atoms with E-state index in [1.165, 1.54) is 6.07 Å². The van der Waals surface area contributed by atoms with Crippen LogP contribution in [0.5, 0.6) is 17.2 Å². The smallest absolute Gasteiger partial charge is 0.349 e. The normalized spacial score (nSPS) is 14.7. The number of ether oxygens (including phenoxy) is 3. The molecule has 1 atom stereocenters. The van der Waals surface area contributed by atoms with Crippen molar-refractivity contribution >= 4 is 29.2 Å². The molecule has 1 heterocycles. The van der Waals surface area contributed by atoms with Crippen molar-refractivity contribution < 1.29 is 19.0 Å². The lowest BCUT2D eigenvalue weighted by atomic mass is 9.83. The molecule has 4 rings (SSSR count). The van der Waals surface area contributed by atoms with Gasteiger partial charge < -0.3 is 19.9 Å². The standard InChI is InChI=1S/C25H18Cl2N2O4/c1-14-4-2-5-15(10-14)31-13-22(30)32-16-8-9-17-21(11-16)33-25(29)18(12-28)23(17)24-19(26)6-3-7-20(24)27/h2-11,23H,13,29H2,1H3. The van der Waals surface area contributed by atoms with E-state index < -0.39 is 11.9 Å². The SMILES string of the molecule is Cc1cccc(OCC(=O)Oc2ccc3c(c2)OC(N)=C(C#N)C3c2c(Cl)cccc2Cl)c1. The number of benzene rings is 3. The Balaban J connectivity index is 1.59. The van der Waals surface area contributed by atoms with Gasteiger partial charge in [0.15, 0.2) is 6.61 Å². The van der Waals surface area contributed by atoms with Gasteiger partial charge in [0, 0.05) is 27.2 Å². The van der Waals surface area contributed by atoms with Gasteiger partial charge in [0.25, 0.3) is 0 Å². The second-order valence-electron chi connectivity index (χ2n) is 7.34. The van der Waals surface area contributed by atoms with Gasteiger partial charge >= 0.3 is 5.97 Å². The number of allylic oxidation sites excluding steroid dienone is 1. The summed E-state index contributed by atoms with van der Waals surface area (Å²) in [6.45, 7) is 1.67. The topological polar surface area (TPSA) is 94.6 Å². The first-order valence-corrected chi connectivity index (χ1v) is 10.7. The Morgan fingerprint density at radius 3 is 2.52 bits per heavy atom. The zero-order chi connectivity index (χ0) is 23.5. The van der Waals surface area contributed by atoms with Gasteiger partial charge in [0.2, 0.25) is 5.88 Å². The molecule has 1 aliphatic heterocycles. The molecule has 3 aromatic rings. The Morgan fingerprint density at radius 1 is 1.09 bits per heavy atom. The molecule has 0 aromatic heterocycles. The van der Waals surface area contributed by atoms with E-state index in [4.69, 9.17) is 43.1 Å². The number of nitrogens with zero attached hydrogens (tertiary/aromatic N) is 1. The molecule has 0 saturated carbocycles. The number of halogens is 2. The fraction of sp³-hybridized carbons (Fsp3) is 0.120. The van der Waals surface area contributed by atoms with Crippen LogP contribution in [-0.2, 0) is 4.79 Å². The summed E-state index contributed by atoms with van der Waals surface area (Å²) < 4.78 is 16.5. The molecule has 0 bridgehead atoms. The third-order valence-corrected chi connectivity index (χ3v) is 5.72. The van der Waals surface area contributed by atoms with Gasteiger partial charge in [-0.2, -0.15) is 5.26 Å². The average Bonchev–Trinajstić information content (AvgIpc) is 2.77. The summed E-state index contributed by atoms with van der Waals surface area (Å²) in [5.74, 6) is -0.144. The highest BCUT2D eigenvalue weighted by atomic mass is 35.5. The van der Waals surface area contributed by atoms with Crippen LogP contribution in [0.25, 0.3) is 0 Å². The summed E-state index contributed by atoms with van der Waals surface area (Å²) in [7, 11) is 0. The largest absolute Gasteiger partial charge is 0.482 e. The molecule has 2 N–H and O–H groups in total.